The monoisotopic (exact) mass is 455 g/mol. The van der Waals surface area contributed by atoms with Gasteiger partial charge in [0.2, 0.25) is 0 Å². The molecule has 0 aromatic heterocycles. The third kappa shape index (κ3) is 6.18. The van der Waals surface area contributed by atoms with Gasteiger partial charge in [0.1, 0.15) is 12.4 Å². The Morgan fingerprint density at radius 3 is 2.03 bits per heavy atom. The molecule has 0 unspecified atom stereocenters. The van der Waals surface area contributed by atoms with Crippen LogP contribution in [0.1, 0.15) is 36.5 Å². The van der Waals surface area contributed by atoms with E-state index in [1.54, 1.807) is 0 Å². The Balaban J connectivity index is 1.69. The lowest BCUT2D eigenvalue weighted by Crippen LogP contribution is -2.40. The minimum Gasteiger partial charge on any atom is -0.492 e. The number of rotatable bonds is 9. The molecule has 0 aliphatic carbocycles. The van der Waals surface area contributed by atoms with Gasteiger partial charge in [0.25, 0.3) is 0 Å². The quantitative estimate of drug-likeness (QED) is 0.331. The first-order chi connectivity index (χ1) is 16.7. The van der Waals surface area contributed by atoms with E-state index in [9.17, 15) is 0 Å². The Hall–Kier alpha value is -2.86. The molecule has 34 heavy (non-hydrogen) atoms. The first kappa shape index (κ1) is 24.3. The molecule has 0 spiro atoms. The van der Waals surface area contributed by atoms with E-state index >= 15 is 0 Å². The Labute approximate surface area is 204 Å². The average Bonchev–Trinajstić information content (AvgIpc) is 2.89. The van der Waals surface area contributed by atoms with E-state index < -0.39 is 0 Å². The number of likely N-dealkylation sites (N-methyl/N-ethyl adjacent to an activating group) is 1. The number of benzene rings is 3. The van der Waals surface area contributed by atoms with Crippen LogP contribution in [0.3, 0.4) is 0 Å². The maximum absolute atomic E-state index is 5.93. The summed E-state index contributed by atoms with van der Waals surface area (Å²) in [5, 5.41) is 0. The maximum Gasteiger partial charge on any atom is 0.493 e. The van der Waals surface area contributed by atoms with E-state index in [0.717, 1.165) is 43.8 Å². The first-order valence-corrected chi connectivity index (χ1v) is 12.2. The van der Waals surface area contributed by atoms with E-state index in [1.165, 1.54) is 27.8 Å². The van der Waals surface area contributed by atoms with Crippen molar-refractivity contribution in [1.29, 1.82) is 0 Å². The summed E-state index contributed by atoms with van der Waals surface area (Å²) in [5.41, 5.74) is 7.23. The molecule has 5 heteroatoms. The van der Waals surface area contributed by atoms with Crippen LogP contribution >= 0.6 is 0 Å². The summed E-state index contributed by atoms with van der Waals surface area (Å²) >= 11 is 0. The summed E-state index contributed by atoms with van der Waals surface area (Å²) in [7, 11) is 3.84. The molecule has 0 amide bonds. The van der Waals surface area contributed by atoms with Crippen LogP contribution in [-0.2, 0) is 9.31 Å². The van der Waals surface area contributed by atoms with Gasteiger partial charge in [-0.25, -0.2) is 0 Å². The molecule has 3 aromatic carbocycles. The number of allylic oxidation sites excluding steroid dienone is 1. The van der Waals surface area contributed by atoms with Crippen LogP contribution in [0.15, 0.2) is 78.9 Å². The predicted octanol–water partition coefficient (Wildman–Crippen LogP) is 5.13. The molecule has 3 aromatic rings. The maximum atomic E-state index is 5.93. The van der Waals surface area contributed by atoms with Crippen molar-refractivity contribution in [2.75, 3.05) is 40.5 Å². The van der Waals surface area contributed by atoms with Crippen LogP contribution < -0.4 is 10.2 Å². The molecule has 0 bridgehead atoms. The molecule has 1 fully saturated rings. The van der Waals surface area contributed by atoms with Gasteiger partial charge in [0, 0.05) is 19.8 Å². The molecule has 0 saturated carbocycles. The smallest absolute Gasteiger partial charge is 0.492 e. The topological polar surface area (TPSA) is 30.9 Å². The zero-order valence-electron chi connectivity index (χ0n) is 20.5. The average molecular weight is 455 g/mol. The molecule has 1 saturated heterocycles. The highest BCUT2D eigenvalue weighted by Gasteiger charge is 2.24. The van der Waals surface area contributed by atoms with Crippen LogP contribution in [0.2, 0.25) is 0 Å². The van der Waals surface area contributed by atoms with Crippen molar-refractivity contribution >= 4 is 23.7 Å². The fourth-order valence-electron chi connectivity index (χ4n) is 4.23. The lowest BCUT2D eigenvalue weighted by Gasteiger charge is -2.21. The summed E-state index contributed by atoms with van der Waals surface area (Å²) < 4.78 is 17.5. The van der Waals surface area contributed by atoms with Gasteiger partial charge in [-0.15, -0.1) is 0 Å². The summed E-state index contributed by atoms with van der Waals surface area (Å²) in [4.78, 5) is 2.12. The van der Waals surface area contributed by atoms with Gasteiger partial charge in [0.15, 0.2) is 0 Å². The van der Waals surface area contributed by atoms with Crippen molar-refractivity contribution in [3.05, 3.63) is 95.6 Å². The highest BCUT2D eigenvalue weighted by molar-refractivity contribution is 6.61. The third-order valence-electron chi connectivity index (χ3n) is 6.03. The summed E-state index contributed by atoms with van der Waals surface area (Å²) in [6.45, 7) is 5.27. The van der Waals surface area contributed by atoms with E-state index in [0.29, 0.717) is 6.61 Å². The molecule has 0 N–H and O–H groups in total. The molecule has 1 aliphatic heterocycles. The van der Waals surface area contributed by atoms with Crippen LogP contribution in [-0.4, -0.2) is 52.5 Å². The molecule has 176 valence electrons. The van der Waals surface area contributed by atoms with Gasteiger partial charge >= 0.3 is 7.12 Å². The highest BCUT2D eigenvalue weighted by atomic mass is 16.6. The van der Waals surface area contributed by atoms with Crippen molar-refractivity contribution in [3.63, 3.8) is 0 Å². The fraction of sp³-hybridized carbons (Fsp3) is 0.310. The first-order valence-electron chi connectivity index (χ1n) is 12.2. The Morgan fingerprint density at radius 1 is 0.824 bits per heavy atom. The van der Waals surface area contributed by atoms with Gasteiger partial charge in [0.05, 0.1) is 0 Å². The van der Waals surface area contributed by atoms with Crippen LogP contribution in [0.4, 0.5) is 0 Å². The molecule has 4 rings (SSSR count). The summed E-state index contributed by atoms with van der Waals surface area (Å²) in [6, 6.07) is 27.8. The number of nitrogens with zero attached hydrogens (tertiary/aromatic N) is 1. The molecule has 1 aliphatic rings. The van der Waals surface area contributed by atoms with Gasteiger partial charge in [-0.1, -0.05) is 73.7 Å². The minimum atomic E-state index is -0.270. The SMILES string of the molecule is CCC(=C(c1ccc(OCCN(C)C)cc1)c1ccc(B2OCCCO2)cc1)c1ccccc1. The van der Waals surface area contributed by atoms with Gasteiger partial charge in [-0.2, -0.15) is 0 Å². The third-order valence-corrected chi connectivity index (χ3v) is 6.03. The Morgan fingerprint density at radius 2 is 1.44 bits per heavy atom. The molecule has 4 nitrogen and oxygen atoms in total. The number of hydrogen-bond acceptors (Lipinski definition) is 4. The largest absolute Gasteiger partial charge is 0.493 e. The van der Waals surface area contributed by atoms with Gasteiger partial charge < -0.3 is 18.9 Å². The van der Waals surface area contributed by atoms with E-state index in [-0.39, 0.29) is 7.12 Å². The second-order valence-electron chi connectivity index (χ2n) is 8.80. The molecular weight excluding hydrogens is 421 g/mol. The summed E-state index contributed by atoms with van der Waals surface area (Å²) in [6.07, 6.45) is 1.88. The van der Waals surface area contributed by atoms with Gasteiger partial charge in [-0.3, -0.25) is 0 Å². The van der Waals surface area contributed by atoms with E-state index in [1.807, 2.05) is 0 Å². The molecule has 0 atom stereocenters. The Kier molecular flexibility index (Phi) is 8.59. The number of ether oxygens (including phenoxy) is 1. The van der Waals surface area contributed by atoms with Crippen LogP contribution in [0.25, 0.3) is 11.1 Å². The summed E-state index contributed by atoms with van der Waals surface area (Å²) in [5.74, 6) is 0.893. The second-order valence-corrected chi connectivity index (χ2v) is 8.80. The zero-order chi connectivity index (χ0) is 23.8. The standard InChI is InChI=1S/C29H34BNO3/c1-4-28(23-9-6-5-7-10-23)29(25-13-17-27(18-14-25)32-22-19-31(2)3)24-11-15-26(16-12-24)30-33-20-8-21-34-30/h5-7,9-18H,4,8,19-22H2,1-3H3. The molecular formula is C29H34BNO3. The second kappa shape index (κ2) is 12.0. The molecule has 1 heterocycles. The lowest BCUT2D eigenvalue weighted by molar-refractivity contribution is 0.143. The predicted molar refractivity (Wildman–Crippen MR) is 141 cm³/mol. The van der Waals surface area contributed by atoms with Crippen molar-refractivity contribution < 1.29 is 14.0 Å². The Bertz CT molecular complexity index is 1060. The van der Waals surface area contributed by atoms with E-state index in [4.69, 9.17) is 14.0 Å². The fourth-order valence-corrected chi connectivity index (χ4v) is 4.23. The van der Waals surface area contributed by atoms with Crippen molar-refractivity contribution in [1.82, 2.24) is 4.90 Å². The van der Waals surface area contributed by atoms with Crippen molar-refractivity contribution in [2.45, 2.75) is 19.8 Å². The van der Waals surface area contributed by atoms with E-state index in [2.05, 4.69) is 105 Å². The lowest BCUT2D eigenvalue weighted by atomic mass is 9.77. The van der Waals surface area contributed by atoms with Crippen molar-refractivity contribution in [3.8, 4) is 5.75 Å². The normalized spacial score (nSPS) is 14.8. The van der Waals surface area contributed by atoms with Crippen LogP contribution in [0, 0.1) is 0 Å². The minimum absolute atomic E-state index is 0.270. The highest BCUT2D eigenvalue weighted by Crippen LogP contribution is 2.34. The van der Waals surface area contributed by atoms with Gasteiger partial charge in [-0.05, 0) is 72.4 Å². The van der Waals surface area contributed by atoms with Crippen LogP contribution in [0.5, 0.6) is 5.75 Å². The number of hydrogen-bond donors (Lipinski definition) is 0. The molecule has 0 radical (unpaired) electrons. The van der Waals surface area contributed by atoms with Crippen molar-refractivity contribution in [2.24, 2.45) is 0 Å². The zero-order valence-corrected chi connectivity index (χ0v) is 20.5.